The van der Waals surface area contributed by atoms with Gasteiger partial charge in [0.2, 0.25) is 10.0 Å². The van der Waals surface area contributed by atoms with Gasteiger partial charge in [0.25, 0.3) is 5.69 Å². The van der Waals surface area contributed by atoms with Crippen molar-refractivity contribution < 1.29 is 18.1 Å². The Labute approximate surface area is 176 Å². The molecular weight excluding hydrogens is 406 g/mol. The van der Waals surface area contributed by atoms with E-state index in [0.29, 0.717) is 37.3 Å². The summed E-state index contributed by atoms with van der Waals surface area (Å²) >= 11 is 0. The summed E-state index contributed by atoms with van der Waals surface area (Å²) in [6.45, 7) is 6.82. The average Bonchev–Trinajstić information content (AvgIpc) is 3.18. The van der Waals surface area contributed by atoms with Gasteiger partial charge in [0, 0.05) is 51.3 Å². The van der Waals surface area contributed by atoms with Crippen molar-refractivity contribution in [2.75, 3.05) is 32.8 Å². The summed E-state index contributed by atoms with van der Waals surface area (Å²) in [6, 6.07) is 8.82. The first-order valence-corrected chi connectivity index (χ1v) is 11.4. The Morgan fingerprint density at radius 3 is 2.53 bits per heavy atom. The number of benzene rings is 2. The second kappa shape index (κ2) is 7.98. The van der Waals surface area contributed by atoms with Crippen molar-refractivity contribution in [3.63, 3.8) is 0 Å². The SMILES string of the molecule is Cc1cc([N+](=O)[O-])cc(S(=O)(=O)N2CCN(Cc3ccc4c(c3)CCO4)CC2)c1C. The molecule has 2 aliphatic rings. The van der Waals surface area contributed by atoms with Crippen LogP contribution >= 0.6 is 0 Å². The van der Waals surface area contributed by atoms with Crippen LogP contribution in [0.3, 0.4) is 0 Å². The van der Waals surface area contributed by atoms with Gasteiger partial charge >= 0.3 is 0 Å². The van der Waals surface area contributed by atoms with Crippen LogP contribution in [0.25, 0.3) is 0 Å². The number of rotatable bonds is 5. The highest BCUT2D eigenvalue weighted by Gasteiger charge is 2.31. The van der Waals surface area contributed by atoms with E-state index < -0.39 is 14.9 Å². The Morgan fingerprint density at radius 2 is 1.83 bits per heavy atom. The van der Waals surface area contributed by atoms with Crippen LogP contribution in [0.1, 0.15) is 22.3 Å². The van der Waals surface area contributed by atoms with Crippen LogP contribution in [0.4, 0.5) is 5.69 Å². The van der Waals surface area contributed by atoms with Crippen molar-refractivity contribution in [1.82, 2.24) is 9.21 Å². The molecule has 2 aliphatic heterocycles. The number of ether oxygens (including phenoxy) is 1. The molecule has 0 atom stereocenters. The van der Waals surface area contributed by atoms with Gasteiger partial charge in [-0.1, -0.05) is 12.1 Å². The minimum atomic E-state index is -3.79. The third-order valence-electron chi connectivity index (χ3n) is 5.92. The maximum Gasteiger partial charge on any atom is 0.271 e. The molecule has 30 heavy (non-hydrogen) atoms. The number of nitro benzene ring substituents is 1. The Hall–Kier alpha value is -2.49. The fourth-order valence-electron chi connectivity index (χ4n) is 4.05. The van der Waals surface area contributed by atoms with Gasteiger partial charge in [0.05, 0.1) is 16.4 Å². The molecule has 0 spiro atoms. The lowest BCUT2D eigenvalue weighted by Crippen LogP contribution is -2.48. The van der Waals surface area contributed by atoms with Crippen molar-refractivity contribution >= 4 is 15.7 Å². The molecule has 0 aliphatic carbocycles. The second-order valence-corrected chi connectivity index (χ2v) is 9.77. The molecule has 2 aromatic rings. The summed E-state index contributed by atoms with van der Waals surface area (Å²) < 4.78 is 33.4. The molecule has 0 aromatic heterocycles. The zero-order chi connectivity index (χ0) is 21.5. The maximum absolute atomic E-state index is 13.2. The first kappa shape index (κ1) is 20.8. The third-order valence-corrected chi connectivity index (χ3v) is 7.95. The summed E-state index contributed by atoms with van der Waals surface area (Å²) in [5, 5.41) is 11.2. The van der Waals surface area contributed by atoms with E-state index in [-0.39, 0.29) is 10.6 Å². The summed E-state index contributed by atoms with van der Waals surface area (Å²) in [7, 11) is -3.79. The largest absolute Gasteiger partial charge is 0.493 e. The molecule has 0 amide bonds. The highest BCUT2D eigenvalue weighted by molar-refractivity contribution is 7.89. The van der Waals surface area contributed by atoms with Crippen molar-refractivity contribution in [1.29, 1.82) is 0 Å². The second-order valence-electron chi connectivity index (χ2n) is 7.86. The predicted octanol–water partition coefficient (Wildman–Crippen LogP) is 2.65. The van der Waals surface area contributed by atoms with Crippen LogP contribution in [0.2, 0.25) is 0 Å². The molecule has 8 nitrogen and oxygen atoms in total. The van der Waals surface area contributed by atoms with Crippen molar-refractivity contribution in [3.05, 3.63) is 62.7 Å². The number of sulfonamides is 1. The predicted molar refractivity (Wildman–Crippen MR) is 112 cm³/mol. The molecule has 9 heteroatoms. The molecular formula is C21H25N3O5S. The number of nitro groups is 1. The lowest BCUT2D eigenvalue weighted by Gasteiger charge is -2.34. The maximum atomic E-state index is 13.2. The van der Waals surface area contributed by atoms with Gasteiger partial charge in [-0.2, -0.15) is 4.31 Å². The van der Waals surface area contributed by atoms with Crippen LogP contribution < -0.4 is 4.74 Å². The molecule has 4 rings (SSSR count). The van der Waals surface area contributed by atoms with Gasteiger partial charge < -0.3 is 4.74 Å². The number of hydrogen-bond acceptors (Lipinski definition) is 6. The zero-order valence-electron chi connectivity index (χ0n) is 17.1. The molecule has 2 aromatic carbocycles. The lowest BCUT2D eigenvalue weighted by atomic mass is 10.1. The van der Waals surface area contributed by atoms with Gasteiger partial charge in [-0.25, -0.2) is 8.42 Å². The number of hydrogen-bond donors (Lipinski definition) is 0. The number of nitrogens with zero attached hydrogens (tertiary/aromatic N) is 3. The van der Waals surface area contributed by atoms with Crippen LogP contribution in [0, 0.1) is 24.0 Å². The fourth-order valence-corrected chi connectivity index (χ4v) is 5.79. The molecule has 0 radical (unpaired) electrons. The van der Waals surface area contributed by atoms with Gasteiger partial charge in [0.1, 0.15) is 5.75 Å². The van der Waals surface area contributed by atoms with E-state index in [4.69, 9.17) is 4.74 Å². The summed E-state index contributed by atoms with van der Waals surface area (Å²) in [4.78, 5) is 12.9. The van der Waals surface area contributed by atoms with Crippen molar-refractivity contribution in [2.45, 2.75) is 31.7 Å². The summed E-state index contributed by atoms with van der Waals surface area (Å²) in [6.07, 6.45) is 0.928. The molecule has 1 fully saturated rings. The van der Waals surface area contributed by atoms with Crippen LogP contribution in [0.5, 0.6) is 5.75 Å². The van der Waals surface area contributed by atoms with Gasteiger partial charge in [-0.3, -0.25) is 15.0 Å². The normalized spacial score (nSPS) is 17.5. The van der Waals surface area contributed by atoms with Crippen molar-refractivity contribution in [2.24, 2.45) is 0 Å². The topological polar surface area (TPSA) is 93.0 Å². The first-order valence-electron chi connectivity index (χ1n) is 9.98. The van der Waals surface area contributed by atoms with E-state index in [1.165, 1.54) is 27.6 Å². The average molecular weight is 432 g/mol. The van der Waals surface area contributed by atoms with Crippen LogP contribution in [0.15, 0.2) is 35.2 Å². The van der Waals surface area contributed by atoms with Crippen molar-refractivity contribution in [3.8, 4) is 5.75 Å². The third kappa shape index (κ3) is 3.92. The van der Waals surface area contributed by atoms with Crippen LogP contribution in [-0.2, 0) is 23.0 Å². The Bertz CT molecular complexity index is 1090. The molecule has 0 saturated carbocycles. The molecule has 0 bridgehead atoms. The number of aryl methyl sites for hydroxylation is 1. The standard InChI is InChI=1S/C21H25N3O5S/c1-15-11-19(24(25)26)13-21(16(15)2)30(27,28)23-8-6-22(7-9-23)14-17-3-4-20-18(12-17)5-10-29-20/h3-4,11-13H,5-10,14H2,1-2H3. The molecule has 1 saturated heterocycles. The number of non-ortho nitro benzene ring substituents is 1. The molecule has 2 heterocycles. The summed E-state index contributed by atoms with van der Waals surface area (Å²) in [5.74, 6) is 0.956. The first-order chi connectivity index (χ1) is 14.3. The van der Waals surface area contributed by atoms with E-state index in [0.717, 1.165) is 25.3 Å². The number of piperazine rings is 1. The Morgan fingerprint density at radius 1 is 1.10 bits per heavy atom. The van der Waals surface area contributed by atoms with E-state index in [1.807, 2.05) is 6.07 Å². The molecule has 0 N–H and O–H groups in total. The van der Waals surface area contributed by atoms with Gasteiger partial charge in [-0.05, 0) is 42.2 Å². The van der Waals surface area contributed by atoms with Gasteiger partial charge in [-0.15, -0.1) is 0 Å². The van der Waals surface area contributed by atoms with Crippen LogP contribution in [-0.4, -0.2) is 55.3 Å². The van der Waals surface area contributed by atoms with E-state index in [1.54, 1.807) is 13.8 Å². The fraction of sp³-hybridized carbons (Fsp3) is 0.429. The molecule has 160 valence electrons. The summed E-state index contributed by atoms with van der Waals surface area (Å²) in [5.41, 5.74) is 3.38. The van der Waals surface area contributed by atoms with Gasteiger partial charge in [0.15, 0.2) is 0 Å². The lowest BCUT2D eigenvalue weighted by molar-refractivity contribution is -0.385. The van der Waals surface area contributed by atoms with E-state index >= 15 is 0 Å². The highest BCUT2D eigenvalue weighted by atomic mass is 32.2. The Balaban J connectivity index is 1.46. The minimum absolute atomic E-state index is 0.0290. The van der Waals surface area contributed by atoms with E-state index in [2.05, 4.69) is 17.0 Å². The smallest absolute Gasteiger partial charge is 0.271 e. The quantitative estimate of drug-likeness (QED) is 0.534. The highest BCUT2D eigenvalue weighted by Crippen LogP contribution is 2.29. The monoisotopic (exact) mass is 431 g/mol. The zero-order valence-corrected chi connectivity index (χ0v) is 17.9. The minimum Gasteiger partial charge on any atom is -0.493 e. The number of fused-ring (bicyclic) bond motifs is 1. The van der Waals surface area contributed by atoms with E-state index in [9.17, 15) is 18.5 Å². The molecule has 0 unspecified atom stereocenters. The Kier molecular flexibility index (Phi) is 5.52.